The van der Waals surface area contributed by atoms with Gasteiger partial charge in [-0.15, -0.1) is 0 Å². The van der Waals surface area contributed by atoms with Gasteiger partial charge < -0.3 is 20.5 Å². The fraction of sp³-hybridized carbons (Fsp3) is 0.167. The summed E-state index contributed by atoms with van der Waals surface area (Å²) in [6.45, 7) is 0. The van der Waals surface area contributed by atoms with Crippen molar-refractivity contribution >= 4 is 11.9 Å². The summed E-state index contributed by atoms with van der Waals surface area (Å²) in [6, 6.07) is 0.0996. The van der Waals surface area contributed by atoms with E-state index < -0.39 is 17.9 Å². The maximum absolute atomic E-state index is 11.9. The van der Waals surface area contributed by atoms with Crippen LogP contribution in [0.1, 0.15) is 16.1 Å². The van der Waals surface area contributed by atoms with Crippen LogP contribution < -0.4 is 5.32 Å². The normalized spacial score (nSPS) is 11.8. The van der Waals surface area contributed by atoms with Crippen molar-refractivity contribution in [1.29, 1.82) is 0 Å². The van der Waals surface area contributed by atoms with Crippen LogP contribution in [0.2, 0.25) is 0 Å². The lowest BCUT2D eigenvalue weighted by atomic mass is 10.1. The molecule has 4 N–H and O–H groups in total. The highest BCUT2D eigenvalue weighted by Gasteiger charge is 2.22. The summed E-state index contributed by atoms with van der Waals surface area (Å²) in [5, 5.41) is 20.7. The van der Waals surface area contributed by atoms with Gasteiger partial charge in [0.25, 0.3) is 5.91 Å². The number of aromatic nitrogens is 3. The second-order valence-corrected chi connectivity index (χ2v) is 4.08. The molecule has 0 aliphatic carbocycles. The number of nitrogens with one attached hydrogen (secondary N) is 2. The van der Waals surface area contributed by atoms with Gasteiger partial charge in [0.2, 0.25) is 0 Å². The first-order chi connectivity index (χ1) is 9.56. The highest BCUT2D eigenvalue weighted by atomic mass is 16.4. The van der Waals surface area contributed by atoms with Gasteiger partial charge >= 0.3 is 5.97 Å². The number of nitrogens with zero attached hydrogens (tertiary/aromatic N) is 2. The van der Waals surface area contributed by atoms with Crippen molar-refractivity contribution in [2.75, 3.05) is 0 Å². The van der Waals surface area contributed by atoms with Crippen molar-refractivity contribution in [3.63, 3.8) is 0 Å². The summed E-state index contributed by atoms with van der Waals surface area (Å²) >= 11 is 0. The van der Waals surface area contributed by atoms with Crippen molar-refractivity contribution < 1.29 is 19.8 Å². The number of rotatable bonds is 5. The van der Waals surface area contributed by atoms with Gasteiger partial charge in [-0.25, -0.2) is 9.78 Å². The molecule has 0 aliphatic heterocycles. The van der Waals surface area contributed by atoms with Crippen LogP contribution in [0.3, 0.4) is 0 Å². The number of carbonyl (C=O) groups excluding carboxylic acids is 1. The number of carboxylic acid groups (broad SMARTS) is 1. The Morgan fingerprint density at radius 1 is 1.30 bits per heavy atom. The first-order valence-electron chi connectivity index (χ1n) is 5.71. The number of hydrogen-bond acceptors (Lipinski definition) is 5. The molecule has 0 aliphatic rings. The van der Waals surface area contributed by atoms with Crippen LogP contribution >= 0.6 is 0 Å². The third kappa shape index (κ3) is 3.31. The summed E-state index contributed by atoms with van der Waals surface area (Å²) in [5.41, 5.74) is 0.674. The van der Waals surface area contributed by atoms with Crippen molar-refractivity contribution in [2.24, 2.45) is 0 Å². The van der Waals surface area contributed by atoms with E-state index in [0.717, 1.165) is 0 Å². The summed E-state index contributed by atoms with van der Waals surface area (Å²) in [4.78, 5) is 33.2. The molecular formula is C12H12N4O4. The Balaban J connectivity index is 2.08. The van der Waals surface area contributed by atoms with Gasteiger partial charge in [-0.1, -0.05) is 0 Å². The van der Waals surface area contributed by atoms with Gasteiger partial charge in [-0.3, -0.25) is 9.78 Å². The van der Waals surface area contributed by atoms with Crippen molar-refractivity contribution in [3.8, 4) is 5.75 Å². The summed E-state index contributed by atoms with van der Waals surface area (Å²) in [5.74, 6) is -1.96. The molecule has 0 bridgehead atoms. The van der Waals surface area contributed by atoms with E-state index in [9.17, 15) is 14.7 Å². The lowest BCUT2D eigenvalue weighted by molar-refractivity contribution is -0.139. The molecule has 2 heterocycles. The second-order valence-electron chi connectivity index (χ2n) is 4.08. The first kappa shape index (κ1) is 13.5. The fourth-order valence-corrected chi connectivity index (χ4v) is 1.61. The number of aromatic amines is 1. The average molecular weight is 276 g/mol. The number of carbonyl (C=O) groups is 2. The van der Waals surface area contributed by atoms with Crippen LogP contribution in [0.5, 0.6) is 5.75 Å². The van der Waals surface area contributed by atoms with Crippen LogP contribution in [-0.4, -0.2) is 43.1 Å². The van der Waals surface area contributed by atoms with E-state index in [1.807, 2.05) is 0 Å². The largest absolute Gasteiger partial charge is 0.506 e. The van der Waals surface area contributed by atoms with Crippen molar-refractivity contribution in [2.45, 2.75) is 12.5 Å². The van der Waals surface area contributed by atoms with E-state index in [4.69, 9.17) is 5.11 Å². The highest BCUT2D eigenvalue weighted by molar-refractivity contribution is 5.96. The van der Waals surface area contributed by atoms with Crippen LogP contribution in [0.25, 0.3) is 0 Å². The Hall–Kier alpha value is -2.90. The number of hydrogen-bond donors (Lipinski definition) is 4. The molecule has 8 heteroatoms. The Bertz CT molecular complexity index is 612. The zero-order valence-corrected chi connectivity index (χ0v) is 10.3. The minimum absolute atomic E-state index is 0.0767. The molecule has 0 unspecified atom stereocenters. The monoisotopic (exact) mass is 276 g/mol. The topological polar surface area (TPSA) is 128 Å². The average Bonchev–Trinajstić information content (AvgIpc) is 2.90. The standard InChI is InChI=1S/C12H12N4O4/c17-9-1-7(3-13-5-9)11(18)16-10(12(19)20)2-8-4-14-6-15-8/h1,3-6,10,17H,2H2,(H,14,15)(H,16,18)(H,19,20)/t10-/m0/s1. The number of pyridine rings is 1. The molecule has 20 heavy (non-hydrogen) atoms. The molecule has 2 aromatic heterocycles. The smallest absolute Gasteiger partial charge is 0.326 e. The first-order valence-corrected chi connectivity index (χ1v) is 5.71. The third-order valence-electron chi connectivity index (χ3n) is 2.57. The zero-order chi connectivity index (χ0) is 14.5. The van der Waals surface area contributed by atoms with E-state index in [0.29, 0.717) is 5.69 Å². The van der Waals surface area contributed by atoms with Crippen LogP contribution in [0.4, 0.5) is 0 Å². The van der Waals surface area contributed by atoms with Gasteiger partial charge in [0, 0.05) is 24.5 Å². The second kappa shape index (κ2) is 5.83. The lowest BCUT2D eigenvalue weighted by Crippen LogP contribution is -2.42. The molecule has 0 saturated carbocycles. The molecule has 0 fully saturated rings. The zero-order valence-electron chi connectivity index (χ0n) is 10.3. The Morgan fingerprint density at radius 3 is 2.70 bits per heavy atom. The molecule has 1 amide bonds. The fourth-order valence-electron chi connectivity index (χ4n) is 1.61. The number of aromatic hydroxyl groups is 1. The van der Waals surface area contributed by atoms with E-state index in [1.165, 1.54) is 31.0 Å². The van der Waals surface area contributed by atoms with Gasteiger partial charge in [0.05, 0.1) is 18.1 Å². The molecule has 8 nitrogen and oxygen atoms in total. The molecule has 2 rings (SSSR count). The van der Waals surface area contributed by atoms with Gasteiger partial charge in [0.1, 0.15) is 11.8 Å². The van der Waals surface area contributed by atoms with E-state index in [2.05, 4.69) is 20.3 Å². The number of carboxylic acids is 1. The summed E-state index contributed by atoms with van der Waals surface area (Å²) in [6.07, 6.45) is 5.40. The van der Waals surface area contributed by atoms with Gasteiger partial charge in [-0.2, -0.15) is 0 Å². The molecular weight excluding hydrogens is 264 g/mol. The van der Waals surface area contributed by atoms with Crippen LogP contribution in [0, 0.1) is 0 Å². The number of aliphatic carboxylic acids is 1. The van der Waals surface area contributed by atoms with Crippen LogP contribution in [-0.2, 0) is 11.2 Å². The minimum Gasteiger partial charge on any atom is -0.506 e. The molecule has 0 spiro atoms. The van der Waals surface area contributed by atoms with E-state index in [-0.39, 0.29) is 17.7 Å². The summed E-state index contributed by atoms with van der Waals surface area (Å²) in [7, 11) is 0. The van der Waals surface area contributed by atoms with E-state index in [1.54, 1.807) is 0 Å². The molecule has 0 saturated heterocycles. The summed E-state index contributed by atoms with van der Waals surface area (Å²) < 4.78 is 0. The Kier molecular flexibility index (Phi) is 3.94. The molecule has 2 aromatic rings. The molecule has 0 radical (unpaired) electrons. The predicted octanol–water partition coefficient (Wildman–Crippen LogP) is -0.0640. The molecule has 0 aromatic carbocycles. The van der Waals surface area contributed by atoms with Gasteiger partial charge in [-0.05, 0) is 6.07 Å². The number of amides is 1. The molecule has 1 atom stereocenters. The Morgan fingerprint density at radius 2 is 2.10 bits per heavy atom. The Labute approximate surface area is 113 Å². The maximum atomic E-state index is 11.9. The quantitative estimate of drug-likeness (QED) is 0.605. The minimum atomic E-state index is -1.17. The van der Waals surface area contributed by atoms with Crippen molar-refractivity contribution in [3.05, 3.63) is 42.2 Å². The maximum Gasteiger partial charge on any atom is 0.326 e. The predicted molar refractivity (Wildman–Crippen MR) is 67.1 cm³/mol. The number of H-pyrrole nitrogens is 1. The van der Waals surface area contributed by atoms with E-state index >= 15 is 0 Å². The third-order valence-corrected chi connectivity index (χ3v) is 2.57. The number of imidazole rings is 1. The SMILES string of the molecule is O=C(N[C@@H](Cc1cnc[nH]1)C(=O)O)c1cncc(O)c1. The van der Waals surface area contributed by atoms with Crippen LogP contribution in [0.15, 0.2) is 31.0 Å². The highest BCUT2D eigenvalue weighted by Crippen LogP contribution is 2.09. The van der Waals surface area contributed by atoms with Gasteiger partial charge in [0.15, 0.2) is 0 Å². The molecule has 104 valence electrons. The van der Waals surface area contributed by atoms with Crippen molar-refractivity contribution in [1.82, 2.24) is 20.3 Å². The lowest BCUT2D eigenvalue weighted by Gasteiger charge is -2.13.